The average Bonchev–Trinajstić information content (AvgIpc) is 2.89. The molecule has 3 heteroatoms. The molecule has 0 unspecified atom stereocenters. The number of hydrogen-bond acceptors (Lipinski definition) is 3. The molecule has 2 aliphatic rings. The third kappa shape index (κ3) is 5.06. The molecule has 1 aromatic carbocycles. The fourth-order valence-electron chi connectivity index (χ4n) is 4.82. The molecule has 1 aliphatic heterocycles. The Morgan fingerprint density at radius 1 is 1.27 bits per heavy atom. The van der Waals surface area contributed by atoms with E-state index in [4.69, 9.17) is 4.74 Å². The number of phenols is 1. The van der Waals surface area contributed by atoms with Crippen LogP contribution in [-0.4, -0.2) is 16.5 Å². The molecular weight excluding hydrogens is 372 g/mol. The van der Waals surface area contributed by atoms with Gasteiger partial charge in [0, 0.05) is 5.92 Å². The van der Waals surface area contributed by atoms with Crippen LogP contribution < -0.4 is 4.74 Å². The van der Waals surface area contributed by atoms with Crippen LogP contribution in [-0.2, 0) is 11.2 Å². The van der Waals surface area contributed by atoms with Gasteiger partial charge in [0.25, 0.3) is 0 Å². The number of Topliss-reactive ketones (excluding diaryl/α,β-unsaturated/α-hetero) is 1. The normalized spacial score (nSPS) is 26.1. The summed E-state index contributed by atoms with van der Waals surface area (Å²) in [5, 5.41) is 9.83. The molecule has 1 aliphatic carbocycles. The van der Waals surface area contributed by atoms with Gasteiger partial charge in [0.2, 0.25) is 0 Å². The number of aromatic hydroxyl groups is 1. The van der Waals surface area contributed by atoms with Crippen LogP contribution in [0.4, 0.5) is 0 Å². The van der Waals surface area contributed by atoms with E-state index in [0.29, 0.717) is 5.75 Å². The molecule has 1 N–H and O–H groups in total. The molecule has 0 spiro atoms. The number of rotatable bonds is 6. The van der Waals surface area contributed by atoms with E-state index in [0.717, 1.165) is 54.6 Å². The van der Waals surface area contributed by atoms with E-state index in [1.807, 2.05) is 19.9 Å². The van der Waals surface area contributed by atoms with Crippen molar-refractivity contribution in [3.8, 4) is 11.5 Å². The second-order valence-corrected chi connectivity index (χ2v) is 9.74. The van der Waals surface area contributed by atoms with Gasteiger partial charge in [0.1, 0.15) is 17.1 Å². The number of allylic oxidation sites excluding steroid dienone is 6. The number of ketones is 1. The second kappa shape index (κ2) is 8.83. The summed E-state index contributed by atoms with van der Waals surface area (Å²) in [6, 6.07) is 3.60. The molecule has 0 saturated heterocycles. The molecule has 30 heavy (non-hydrogen) atoms. The number of fused-ring (bicyclic) bond motifs is 1. The Balaban J connectivity index is 1.61. The van der Waals surface area contributed by atoms with E-state index >= 15 is 0 Å². The van der Waals surface area contributed by atoms with Gasteiger partial charge in [0.05, 0.1) is 0 Å². The van der Waals surface area contributed by atoms with E-state index in [-0.39, 0.29) is 23.2 Å². The number of aryl methyl sites for hydroxylation is 2. The zero-order chi connectivity index (χ0) is 22.1. The van der Waals surface area contributed by atoms with Crippen molar-refractivity contribution < 1.29 is 14.6 Å². The van der Waals surface area contributed by atoms with Crippen molar-refractivity contribution in [2.45, 2.75) is 79.2 Å². The van der Waals surface area contributed by atoms with Crippen LogP contribution in [0.15, 0.2) is 47.1 Å². The number of carbonyl (C=O) groups is 1. The van der Waals surface area contributed by atoms with Gasteiger partial charge in [-0.05, 0) is 108 Å². The van der Waals surface area contributed by atoms with Crippen LogP contribution in [0.2, 0.25) is 0 Å². The van der Waals surface area contributed by atoms with Crippen molar-refractivity contribution in [2.24, 2.45) is 11.8 Å². The smallest absolute Gasteiger partial charge is 0.165 e. The van der Waals surface area contributed by atoms with Crippen LogP contribution >= 0.6 is 0 Å². The quantitative estimate of drug-likeness (QED) is 0.537. The van der Waals surface area contributed by atoms with Crippen LogP contribution in [0.25, 0.3) is 0 Å². The minimum Gasteiger partial charge on any atom is -0.508 e. The lowest BCUT2D eigenvalue weighted by Gasteiger charge is -2.36. The maximum atomic E-state index is 12.5. The van der Waals surface area contributed by atoms with Crippen molar-refractivity contribution in [3.05, 3.63) is 58.2 Å². The van der Waals surface area contributed by atoms with Gasteiger partial charge in [-0.1, -0.05) is 29.4 Å². The van der Waals surface area contributed by atoms with Crippen molar-refractivity contribution in [1.82, 2.24) is 0 Å². The van der Waals surface area contributed by atoms with Crippen LogP contribution in [0.3, 0.4) is 0 Å². The third-order valence-corrected chi connectivity index (χ3v) is 6.46. The number of carbonyl (C=O) groups excluding carboxylic acids is 1. The molecule has 0 fully saturated rings. The lowest BCUT2D eigenvalue weighted by atomic mass is 9.86. The Morgan fingerprint density at radius 2 is 2.00 bits per heavy atom. The minimum atomic E-state index is -0.185. The Labute approximate surface area is 181 Å². The average molecular weight is 409 g/mol. The molecular formula is C27H36O3. The summed E-state index contributed by atoms with van der Waals surface area (Å²) in [5.74, 6) is 1.80. The van der Waals surface area contributed by atoms with E-state index in [1.165, 1.54) is 11.1 Å². The van der Waals surface area contributed by atoms with E-state index in [2.05, 4.69) is 45.9 Å². The number of benzene rings is 1. The van der Waals surface area contributed by atoms with Gasteiger partial charge < -0.3 is 9.84 Å². The predicted molar refractivity (Wildman–Crippen MR) is 123 cm³/mol. The molecule has 0 aromatic heterocycles. The summed E-state index contributed by atoms with van der Waals surface area (Å²) in [5.41, 5.74) is 5.37. The highest BCUT2D eigenvalue weighted by Crippen LogP contribution is 2.40. The molecule has 0 amide bonds. The first-order valence-electron chi connectivity index (χ1n) is 11.1. The summed E-state index contributed by atoms with van der Waals surface area (Å²) in [6.07, 6.45) is 11.3. The van der Waals surface area contributed by atoms with E-state index in [1.54, 1.807) is 6.07 Å². The lowest BCUT2D eigenvalue weighted by Crippen LogP contribution is -2.36. The van der Waals surface area contributed by atoms with Gasteiger partial charge in [-0.15, -0.1) is 0 Å². The largest absolute Gasteiger partial charge is 0.508 e. The molecule has 1 heterocycles. The van der Waals surface area contributed by atoms with Crippen LogP contribution in [0.5, 0.6) is 11.5 Å². The fourth-order valence-corrected chi connectivity index (χ4v) is 4.82. The summed E-state index contributed by atoms with van der Waals surface area (Å²) < 4.78 is 6.41. The monoisotopic (exact) mass is 408 g/mol. The number of ether oxygens (including phenoxy) is 1. The SMILES string of the molecule is CC(C)=C[C@@H]1C(=O)C(C)=C[C@H]1CC(C)=CCC[C@]1(C)CCc2cc(O)cc(C)c2O1. The summed E-state index contributed by atoms with van der Waals surface area (Å²) in [6.45, 7) is 12.4. The Morgan fingerprint density at radius 3 is 2.70 bits per heavy atom. The van der Waals surface area contributed by atoms with Gasteiger partial charge in [0.15, 0.2) is 5.78 Å². The first kappa shape index (κ1) is 22.4. The zero-order valence-corrected chi connectivity index (χ0v) is 19.3. The van der Waals surface area contributed by atoms with Crippen LogP contribution in [0, 0.1) is 18.8 Å². The first-order valence-corrected chi connectivity index (χ1v) is 11.1. The van der Waals surface area contributed by atoms with E-state index < -0.39 is 0 Å². The third-order valence-electron chi connectivity index (χ3n) is 6.46. The van der Waals surface area contributed by atoms with Crippen molar-refractivity contribution in [2.75, 3.05) is 0 Å². The summed E-state index contributed by atoms with van der Waals surface area (Å²) >= 11 is 0. The van der Waals surface area contributed by atoms with Gasteiger partial charge in [-0.2, -0.15) is 0 Å². The second-order valence-electron chi connectivity index (χ2n) is 9.74. The number of hydrogen-bond donors (Lipinski definition) is 1. The highest BCUT2D eigenvalue weighted by atomic mass is 16.5. The Hall–Kier alpha value is -2.29. The highest BCUT2D eigenvalue weighted by molar-refractivity contribution is 6.00. The highest BCUT2D eigenvalue weighted by Gasteiger charge is 2.33. The molecule has 3 atom stereocenters. The molecule has 0 radical (unpaired) electrons. The molecule has 3 nitrogen and oxygen atoms in total. The Bertz CT molecular complexity index is 914. The summed E-state index contributed by atoms with van der Waals surface area (Å²) in [7, 11) is 0. The summed E-state index contributed by atoms with van der Waals surface area (Å²) in [4.78, 5) is 12.5. The standard InChI is InChI=1S/C27H36O3/c1-17(2)12-24-22(14-19(4)25(24)29)13-18(3)8-7-10-27(6)11-9-21-16-23(28)15-20(5)26(21)30-27/h8,12,14-16,22,24,28H,7,9-11,13H2,1-6H3/t22-,24+,27-/m1/s1. The molecule has 0 bridgehead atoms. The topological polar surface area (TPSA) is 46.5 Å². The van der Waals surface area contributed by atoms with Gasteiger partial charge in [-0.25, -0.2) is 0 Å². The molecule has 162 valence electrons. The maximum Gasteiger partial charge on any atom is 0.165 e. The zero-order valence-electron chi connectivity index (χ0n) is 19.3. The molecule has 0 saturated carbocycles. The fraction of sp³-hybridized carbons (Fsp3) is 0.519. The Kier molecular flexibility index (Phi) is 6.59. The molecule has 1 aromatic rings. The first-order chi connectivity index (χ1) is 14.1. The minimum absolute atomic E-state index is 0.00608. The maximum absolute atomic E-state index is 12.5. The van der Waals surface area contributed by atoms with Gasteiger partial charge in [-0.3, -0.25) is 4.79 Å². The van der Waals surface area contributed by atoms with Crippen molar-refractivity contribution in [1.29, 1.82) is 0 Å². The van der Waals surface area contributed by atoms with Crippen molar-refractivity contribution in [3.63, 3.8) is 0 Å². The van der Waals surface area contributed by atoms with Gasteiger partial charge >= 0.3 is 0 Å². The van der Waals surface area contributed by atoms with Crippen LogP contribution in [0.1, 0.15) is 71.4 Å². The van der Waals surface area contributed by atoms with E-state index in [9.17, 15) is 9.90 Å². The molecule has 3 rings (SSSR count). The number of phenolic OH excluding ortho intramolecular Hbond substituents is 1. The predicted octanol–water partition coefficient (Wildman–Crippen LogP) is 6.63. The lowest BCUT2D eigenvalue weighted by molar-refractivity contribution is -0.117. The van der Waals surface area contributed by atoms with Crippen molar-refractivity contribution >= 4 is 5.78 Å².